The molecule has 0 saturated heterocycles. The Balaban J connectivity index is 3.32. The minimum Gasteiger partial charge on any atom is -0.469 e. The first-order chi connectivity index (χ1) is 13.1. The summed E-state index contributed by atoms with van der Waals surface area (Å²) in [5.41, 5.74) is 0. The zero-order valence-corrected chi connectivity index (χ0v) is 18.1. The van der Waals surface area contributed by atoms with Gasteiger partial charge < -0.3 is 14.9 Å². The molecule has 2 atom stereocenters. The molecule has 0 aliphatic carbocycles. The average Bonchev–Trinajstić information content (AvgIpc) is 2.68. The number of carbonyl (C=O) groups excluding carboxylic acids is 1. The zero-order chi connectivity index (χ0) is 20.2. The summed E-state index contributed by atoms with van der Waals surface area (Å²) in [5, 5.41) is 20.1. The molecule has 4 heteroatoms. The van der Waals surface area contributed by atoms with E-state index in [1.54, 1.807) is 0 Å². The van der Waals surface area contributed by atoms with E-state index in [1.807, 2.05) is 0 Å². The quantitative estimate of drug-likeness (QED) is 0.201. The standard InChI is InChI=1S/C23H46O4/c1-3-4-5-6-12-15-18-21(24)22(25)19-16-13-10-8-7-9-11-14-17-20-23(26)27-2/h21-22,24-25H,3-20H2,1-2H3. The first-order valence-corrected chi connectivity index (χ1v) is 11.5. The highest BCUT2D eigenvalue weighted by Crippen LogP contribution is 2.16. The van der Waals surface area contributed by atoms with E-state index in [2.05, 4.69) is 11.7 Å². The maximum atomic E-state index is 11.0. The number of methoxy groups -OCH3 is 1. The molecule has 162 valence electrons. The van der Waals surface area contributed by atoms with Crippen LogP contribution in [0.4, 0.5) is 0 Å². The number of hydrogen-bond donors (Lipinski definition) is 2. The first-order valence-electron chi connectivity index (χ1n) is 11.5. The predicted octanol–water partition coefficient (Wildman–Crippen LogP) is 5.92. The van der Waals surface area contributed by atoms with Gasteiger partial charge in [-0.2, -0.15) is 0 Å². The van der Waals surface area contributed by atoms with Gasteiger partial charge in [0.25, 0.3) is 0 Å². The fraction of sp³-hybridized carbons (Fsp3) is 0.957. The Kier molecular flexibility index (Phi) is 19.7. The van der Waals surface area contributed by atoms with Crippen molar-refractivity contribution in [3.63, 3.8) is 0 Å². The minimum atomic E-state index is -0.546. The second kappa shape index (κ2) is 20.1. The molecule has 0 radical (unpaired) electrons. The van der Waals surface area contributed by atoms with Crippen LogP contribution >= 0.6 is 0 Å². The number of unbranched alkanes of at least 4 members (excludes halogenated alkanes) is 13. The maximum Gasteiger partial charge on any atom is 0.305 e. The van der Waals surface area contributed by atoms with Gasteiger partial charge in [0.2, 0.25) is 0 Å². The molecule has 0 bridgehead atoms. The van der Waals surface area contributed by atoms with Gasteiger partial charge in [0.15, 0.2) is 0 Å². The van der Waals surface area contributed by atoms with Gasteiger partial charge in [-0.3, -0.25) is 4.79 Å². The summed E-state index contributed by atoms with van der Waals surface area (Å²) in [4.78, 5) is 11.0. The van der Waals surface area contributed by atoms with Gasteiger partial charge in [0.05, 0.1) is 19.3 Å². The Morgan fingerprint density at radius 3 is 1.44 bits per heavy atom. The predicted molar refractivity (Wildman–Crippen MR) is 113 cm³/mol. The van der Waals surface area contributed by atoms with Gasteiger partial charge >= 0.3 is 5.97 Å². The molecule has 0 aromatic carbocycles. The van der Waals surface area contributed by atoms with Crippen molar-refractivity contribution in [3.8, 4) is 0 Å². The summed E-state index contributed by atoms with van der Waals surface area (Å²) in [7, 11) is 1.44. The number of rotatable bonds is 20. The van der Waals surface area contributed by atoms with E-state index >= 15 is 0 Å². The highest BCUT2D eigenvalue weighted by atomic mass is 16.5. The third-order valence-electron chi connectivity index (χ3n) is 5.41. The van der Waals surface area contributed by atoms with Crippen LogP contribution in [0.1, 0.15) is 122 Å². The molecule has 0 aromatic rings. The maximum absolute atomic E-state index is 11.0. The van der Waals surface area contributed by atoms with Gasteiger partial charge in [0.1, 0.15) is 0 Å². The Bertz CT molecular complexity index is 320. The SMILES string of the molecule is CCCCCCCCC(O)C(O)CCCCCCCCCCCC(=O)OC. The summed E-state index contributed by atoms with van der Waals surface area (Å²) >= 11 is 0. The summed E-state index contributed by atoms with van der Waals surface area (Å²) in [6.07, 6.45) is 18.6. The van der Waals surface area contributed by atoms with E-state index in [0.29, 0.717) is 6.42 Å². The van der Waals surface area contributed by atoms with Crippen molar-refractivity contribution in [2.75, 3.05) is 7.11 Å². The van der Waals surface area contributed by atoms with Crippen LogP contribution in [-0.2, 0) is 9.53 Å². The van der Waals surface area contributed by atoms with Crippen molar-refractivity contribution in [2.45, 2.75) is 135 Å². The largest absolute Gasteiger partial charge is 0.469 e. The topological polar surface area (TPSA) is 66.8 Å². The normalized spacial score (nSPS) is 13.5. The molecule has 0 aliphatic rings. The van der Waals surface area contributed by atoms with E-state index in [4.69, 9.17) is 0 Å². The molecular weight excluding hydrogens is 340 g/mol. The lowest BCUT2D eigenvalue weighted by Crippen LogP contribution is -2.25. The van der Waals surface area contributed by atoms with Crippen molar-refractivity contribution in [1.29, 1.82) is 0 Å². The molecule has 0 rings (SSSR count). The number of ether oxygens (including phenoxy) is 1. The number of aliphatic hydroxyl groups is 2. The first kappa shape index (κ1) is 26.4. The lowest BCUT2D eigenvalue weighted by molar-refractivity contribution is -0.140. The second-order valence-corrected chi connectivity index (χ2v) is 7.99. The Hall–Kier alpha value is -0.610. The number of hydrogen-bond acceptors (Lipinski definition) is 4. The summed E-state index contributed by atoms with van der Waals surface area (Å²) in [5.74, 6) is -0.103. The van der Waals surface area contributed by atoms with Gasteiger partial charge in [-0.25, -0.2) is 0 Å². The fourth-order valence-corrected chi connectivity index (χ4v) is 3.48. The fourth-order valence-electron chi connectivity index (χ4n) is 3.48. The number of esters is 1. The van der Waals surface area contributed by atoms with E-state index in [1.165, 1.54) is 71.3 Å². The smallest absolute Gasteiger partial charge is 0.305 e. The molecule has 0 aromatic heterocycles. The third-order valence-corrected chi connectivity index (χ3v) is 5.41. The highest BCUT2D eigenvalue weighted by Gasteiger charge is 2.15. The van der Waals surface area contributed by atoms with E-state index < -0.39 is 12.2 Å². The van der Waals surface area contributed by atoms with Crippen molar-refractivity contribution in [3.05, 3.63) is 0 Å². The monoisotopic (exact) mass is 386 g/mol. The Morgan fingerprint density at radius 2 is 1.04 bits per heavy atom. The van der Waals surface area contributed by atoms with Crippen molar-refractivity contribution in [2.24, 2.45) is 0 Å². The molecule has 0 heterocycles. The summed E-state index contributed by atoms with van der Waals surface area (Å²) in [6.45, 7) is 2.22. The molecule has 0 saturated carbocycles. The van der Waals surface area contributed by atoms with Crippen molar-refractivity contribution < 1.29 is 19.7 Å². The lowest BCUT2D eigenvalue weighted by Gasteiger charge is -2.17. The molecular formula is C23H46O4. The van der Waals surface area contributed by atoms with Crippen molar-refractivity contribution >= 4 is 5.97 Å². The third kappa shape index (κ3) is 18.5. The van der Waals surface area contributed by atoms with Gasteiger partial charge in [-0.05, 0) is 19.3 Å². The van der Waals surface area contributed by atoms with Crippen LogP contribution in [0.2, 0.25) is 0 Å². The van der Waals surface area contributed by atoms with Crippen molar-refractivity contribution in [1.82, 2.24) is 0 Å². The minimum absolute atomic E-state index is 0.103. The summed E-state index contributed by atoms with van der Waals surface area (Å²) in [6, 6.07) is 0. The highest BCUT2D eigenvalue weighted by molar-refractivity contribution is 5.68. The van der Waals surface area contributed by atoms with Gasteiger partial charge in [-0.1, -0.05) is 96.8 Å². The van der Waals surface area contributed by atoms with Crippen LogP contribution in [0.15, 0.2) is 0 Å². The molecule has 0 amide bonds. The Morgan fingerprint density at radius 1 is 0.667 bits per heavy atom. The van der Waals surface area contributed by atoms with E-state index in [-0.39, 0.29) is 5.97 Å². The van der Waals surface area contributed by atoms with Crippen LogP contribution < -0.4 is 0 Å². The summed E-state index contributed by atoms with van der Waals surface area (Å²) < 4.78 is 4.63. The molecule has 0 spiro atoms. The molecule has 27 heavy (non-hydrogen) atoms. The number of carbonyl (C=O) groups is 1. The molecule has 0 fully saturated rings. The van der Waals surface area contributed by atoms with Gasteiger partial charge in [-0.15, -0.1) is 0 Å². The zero-order valence-electron chi connectivity index (χ0n) is 18.1. The van der Waals surface area contributed by atoms with Gasteiger partial charge in [0, 0.05) is 6.42 Å². The van der Waals surface area contributed by atoms with Crippen LogP contribution in [-0.4, -0.2) is 35.5 Å². The van der Waals surface area contributed by atoms with Crippen LogP contribution in [0.5, 0.6) is 0 Å². The molecule has 2 unspecified atom stereocenters. The molecule has 2 N–H and O–H groups in total. The van der Waals surface area contributed by atoms with Crippen LogP contribution in [0.3, 0.4) is 0 Å². The Labute approximate surface area is 168 Å². The van der Waals surface area contributed by atoms with Crippen LogP contribution in [0.25, 0.3) is 0 Å². The second-order valence-electron chi connectivity index (χ2n) is 7.99. The molecule has 4 nitrogen and oxygen atoms in total. The van der Waals surface area contributed by atoms with E-state index in [0.717, 1.165) is 44.9 Å². The van der Waals surface area contributed by atoms with E-state index in [9.17, 15) is 15.0 Å². The average molecular weight is 387 g/mol. The van der Waals surface area contributed by atoms with Crippen LogP contribution in [0, 0.1) is 0 Å². The molecule has 0 aliphatic heterocycles. The lowest BCUT2D eigenvalue weighted by atomic mass is 9.99. The number of aliphatic hydroxyl groups excluding tert-OH is 2.